The topological polar surface area (TPSA) is 97.2 Å². The number of nitrogens with two attached hydrogens (primary N) is 1. The van der Waals surface area contributed by atoms with E-state index in [0.29, 0.717) is 25.2 Å². The van der Waals surface area contributed by atoms with E-state index < -0.39 is 6.10 Å². The molecule has 1 amide bonds. The van der Waals surface area contributed by atoms with Crippen molar-refractivity contribution in [3.8, 4) is 0 Å². The van der Waals surface area contributed by atoms with Gasteiger partial charge in [-0.2, -0.15) is 0 Å². The molecule has 0 aromatic carbocycles. The predicted octanol–water partition coefficient (Wildman–Crippen LogP) is -0.441. The average molecular weight is 257 g/mol. The molecule has 4 N–H and O–H groups in total. The maximum atomic E-state index is 11.7. The van der Waals surface area contributed by atoms with E-state index in [0.717, 1.165) is 17.8 Å². The number of aromatic amines is 1. The lowest BCUT2D eigenvalue weighted by Gasteiger charge is -2.12. The summed E-state index contributed by atoms with van der Waals surface area (Å²) in [5, 5.41) is 4.43. The van der Waals surface area contributed by atoms with Gasteiger partial charge < -0.3 is 20.8 Å². The summed E-state index contributed by atoms with van der Waals surface area (Å²) in [4.78, 5) is 25.1. The monoisotopic (exact) mass is 257 g/mol. The largest absolute Gasteiger partial charge is 0.364 e. The molecule has 0 spiro atoms. The number of carbonyl (C=O) groups is 1. The molecular weight excluding hydrogens is 242 g/mol. The fraction of sp³-hybridized carbons (Fsp3) is 0.600. The van der Waals surface area contributed by atoms with Crippen molar-refractivity contribution in [3.05, 3.63) is 20.7 Å². The van der Waals surface area contributed by atoms with Crippen molar-refractivity contribution in [2.24, 2.45) is 5.73 Å². The summed E-state index contributed by atoms with van der Waals surface area (Å²) < 4.78 is 5.46. The van der Waals surface area contributed by atoms with Crippen molar-refractivity contribution in [1.29, 1.82) is 0 Å². The van der Waals surface area contributed by atoms with Crippen LogP contribution in [0.1, 0.15) is 18.5 Å². The second-order valence-electron chi connectivity index (χ2n) is 3.95. The number of rotatable bonds is 4. The molecule has 7 heteroatoms. The number of hydrogen-bond acceptors (Lipinski definition) is 5. The summed E-state index contributed by atoms with van der Waals surface area (Å²) in [6.45, 7) is 0.770. The maximum Gasteiger partial charge on any atom is 0.304 e. The van der Waals surface area contributed by atoms with Gasteiger partial charge in [-0.15, -0.1) is 0 Å². The second kappa shape index (κ2) is 5.44. The predicted molar refractivity (Wildman–Crippen MR) is 63.7 cm³/mol. The van der Waals surface area contributed by atoms with E-state index in [2.05, 4.69) is 10.3 Å². The molecule has 0 radical (unpaired) electrons. The standard InChI is InChI=1S/C10H15N3O3S/c11-3-7-1-2-8(16-7)9(14)12-4-6-5-17-10(15)13-6/h5,7-8H,1-4,11H2,(H,12,14)(H,13,15). The smallest absolute Gasteiger partial charge is 0.304 e. The Morgan fingerprint density at radius 1 is 1.65 bits per heavy atom. The molecule has 94 valence electrons. The van der Waals surface area contributed by atoms with Crippen LogP contribution < -0.4 is 15.9 Å². The molecule has 2 atom stereocenters. The van der Waals surface area contributed by atoms with E-state index in [1.807, 2.05) is 0 Å². The van der Waals surface area contributed by atoms with Gasteiger partial charge in [0.1, 0.15) is 6.10 Å². The molecule has 1 aromatic rings. The Labute approximate surface area is 102 Å². The highest BCUT2D eigenvalue weighted by molar-refractivity contribution is 7.07. The fourth-order valence-corrected chi connectivity index (χ4v) is 2.35. The SMILES string of the molecule is NCC1CCC(C(=O)NCc2csc(=O)[nH]2)O1. The van der Waals surface area contributed by atoms with Crippen molar-refractivity contribution in [2.75, 3.05) is 6.54 Å². The molecule has 1 aromatic heterocycles. The first kappa shape index (κ1) is 12.3. The molecule has 2 rings (SSSR count). The Kier molecular flexibility index (Phi) is 3.93. The summed E-state index contributed by atoms with van der Waals surface area (Å²) in [6, 6.07) is 0. The minimum absolute atomic E-state index is 0.00768. The van der Waals surface area contributed by atoms with Gasteiger partial charge in [-0.25, -0.2) is 0 Å². The normalized spacial score (nSPS) is 23.8. The lowest BCUT2D eigenvalue weighted by atomic mass is 10.2. The fourth-order valence-electron chi connectivity index (χ4n) is 1.77. The molecule has 2 unspecified atom stereocenters. The van der Waals surface area contributed by atoms with E-state index in [4.69, 9.17) is 10.5 Å². The molecule has 17 heavy (non-hydrogen) atoms. The number of nitrogens with one attached hydrogen (secondary N) is 2. The van der Waals surface area contributed by atoms with E-state index in [9.17, 15) is 9.59 Å². The zero-order valence-corrected chi connectivity index (χ0v) is 10.1. The molecule has 0 saturated carbocycles. The van der Waals surface area contributed by atoms with Crippen molar-refractivity contribution in [1.82, 2.24) is 10.3 Å². The Morgan fingerprint density at radius 2 is 2.47 bits per heavy atom. The van der Waals surface area contributed by atoms with Gasteiger partial charge in [-0.1, -0.05) is 11.3 Å². The molecule has 0 bridgehead atoms. The van der Waals surface area contributed by atoms with Crippen LogP contribution in [0.15, 0.2) is 10.2 Å². The summed E-state index contributed by atoms with van der Waals surface area (Å²) in [5.41, 5.74) is 6.18. The van der Waals surface area contributed by atoms with Crippen LogP contribution in [0.4, 0.5) is 0 Å². The highest BCUT2D eigenvalue weighted by Crippen LogP contribution is 2.18. The van der Waals surface area contributed by atoms with Gasteiger partial charge in [0.05, 0.1) is 12.6 Å². The van der Waals surface area contributed by atoms with Gasteiger partial charge >= 0.3 is 4.87 Å². The van der Waals surface area contributed by atoms with Crippen molar-refractivity contribution >= 4 is 17.2 Å². The Bertz CT molecular complexity index is 442. The summed E-state index contributed by atoms with van der Waals surface area (Å²) in [5.74, 6) is -0.145. The molecule has 1 saturated heterocycles. The van der Waals surface area contributed by atoms with Crippen LogP contribution >= 0.6 is 11.3 Å². The molecule has 2 heterocycles. The Morgan fingerprint density at radius 3 is 3.06 bits per heavy atom. The van der Waals surface area contributed by atoms with E-state index in [-0.39, 0.29) is 16.9 Å². The van der Waals surface area contributed by atoms with Gasteiger partial charge in [0.15, 0.2) is 0 Å². The summed E-state index contributed by atoms with van der Waals surface area (Å²) >= 11 is 1.08. The number of aromatic nitrogens is 1. The molecule has 0 aliphatic carbocycles. The number of H-pyrrole nitrogens is 1. The maximum absolute atomic E-state index is 11.7. The number of thiazole rings is 1. The molecule has 1 fully saturated rings. The van der Waals surface area contributed by atoms with Gasteiger partial charge in [0.2, 0.25) is 5.91 Å². The first-order valence-electron chi connectivity index (χ1n) is 5.49. The van der Waals surface area contributed by atoms with Crippen LogP contribution in [0.25, 0.3) is 0 Å². The highest BCUT2D eigenvalue weighted by Gasteiger charge is 2.29. The number of amides is 1. The van der Waals surface area contributed by atoms with Crippen LogP contribution in [0.3, 0.4) is 0 Å². The molecule has 1 aliphatic rings. The van der Waals surface area contributed by atoms with Crippen molar-refractivity contribution < 1.29 is 9.53 Å². The third-order valence-electron chi connectivity index (χ3n) is 2.69. The third kappa shape index (κ3) is 3.15. The highest BCUT2D eigenvalue weighted by atomic mass is 32.1. The minimum atomic E-state index is -0.408. The van der Waals surface area contributed by atoms with Gasteiger partial charge in [0.25, 0.3) is 0 Å². The summed E-state index contributed by atoms with van der Waals surface area (Å²) in [6.07, 6.45) is 1.11. The van der Waals surface area contributed by atoms with Crippen molar-refractivity contribution in [2.45, 2.75) is 31.6 Å². The van der Waals surface area contributed by atoms with E-state index in [1.54, 1.807) is 5.38 Å². The number of carbonyl (C=O) groups excluding carboxylic acids is 1. The van der Waals surface area contributed by atoms with E-state index >= 15 is 0 Å². The Balaban J connectivity index is 1.80. The Hall–Kier alpha value is -1.18. The average Bonchev–Trinajstić information content (AvgIpc) is 2.94. The molecule has 6 nitrogen and oxygen atoms in total. The molecular formula is C10H15N3O3S. The molecule has 1 aliphatic heterocycles. The minimum Gasteiger partial charge on any atom is -0.364 e. The summed E-state index contributed by atoms with van der Waals surface area (Å²) in [7, 11) is 0. The lowest BCUT2D eigenvalue weighted by molar-refractivity contribution is -0.132. The van der Waals surface area contributed by atoms with Gasteiger partial charge in [0, 0.05) is 17.6 Å². The lowest BCUT2D eigenvalue weighted by Crippen LogP contribution is -2.35. The van der Waals surface area contributed by atoms with Crippen molar-refractivity contribution in [3.63, 3.8) is 0 Å². The third-order valence-corrected chi connectivity index (χ3v) is 3.41. The van der Waals surface area contributed by atoms with Gasteiger partial charge in [-0.05, 0) is 12.8 Å². The van der Waals surface area contributed by atoms with E-state index in [1.165, 1.54) is 0 Å². The zero-order chi connectivity index (χ0) is 12.3. The first-order valence-corrected chi connectivity index (χ1v) is 6.37. The zero-order valence-electron chi connectivity index (χ0n) is 9.27. The van der Waals surface area contributed by atoms with Crippen LogP contribution in [0, 0.1) is 0 Å². The second-order valence-corrected chi connectivity index (χ2v) is 4.79. The number of ether oxygens (including phenoxy) is 1. The van der Waals surface area contributed by atoms with Gasteiger partial charge in [-0.3, -0.25) is 9.59 Å². The first-order chi connectivity index (χ1) is 8.19. The van der Waals surface area contributed by atoms with Crippen LogP contribution in [0.2, 0.25) is 0 Å². The van der Waals surface area contributed by atoms with Crippen LogP contribution in [-0.2, 0) is 16.1 Å². The number of hydrogen-bond donors (Lipinski definition) is 3. The van der Waals surface area contributed by atoms with Crippen LogP contribution in [-0.4, -0.2) is 29.6 Å². The van der Waals surface area contributed by atoms with Crippen LogP contribution in [0.5, 0.6) is 0 Å². The quantitative estimate of drug-likeness (QED) is 0.681.